The second-order valence-electron chi connectivity index (χ2n) is 8.05. The first kappa shape index (κ1) is 20.6. The number of piperazine rings is 1. The standard InChI is InChI=1S/C25H25N5OS/c1-29-10-12-30(13-11-29)24-9-8-18(16-26-24)17-27-25(31)20-15-22(23-7-4-14-32-23)28-21-6-3-2-5-19(20)21/h2-9,14-16H,10-13,17H2,1H3,(H,27,31). The number of nitrogens with one attached hydrogen (secondary N) is 1. The summed E-state index contributed by atoms with van der Waals surface area (Å²) in [6, 6.07) is 17.8. The first-order valence-electron chi connectivity index (χ1n) is 10.8. The molecule has 1 amide bonds. The smallest absolute Gasteiger partial charge is 0.252 e. The summed E-state index contributed by atoms with van der Waals surface area (Å²) in [6.07, 6.45) is 1.86. The molecule has 6 nitrogen and oxygen atoms in total. The molecule has 162 valence electrons. The minimum absolute atomic E-state index is 0.107. The van der Waals surface area contributed by atoms with E-state index in [0.29, 0.717) is 12.1 Å². The quantitative estimate of drug-likeness (QED) is 0.504. The summed E-state index contributed by atoms with van der Waals surface area (Å²) >= 11 is 1.62. The number of fused-ring (bicyclic) bond motifs is 1. The van der Waals surface area contributed by atoms with Crippen molar-refractivity contribution in [2.45, 2.75) is 6.54 Å². The number of anilines is 1. The lowest BCUT2D eigenvalue weighted by Crippen LogP contribution is -2.44. The van der Waals surface area contributed by atoms with Crippen molar-refractivity contribution < 1.29 is 4.79 Å². The summed E-state index contributed by atoms with van der Waals surface area (Å²) in [6.45, 7) is 4.50. The molecule has 1 fully saturated rings. The van der Waals surface area contributed by atoms with Gasteiger partial charge in [-0.15, -0.1) is 11.3 Å². The molecule has 1 saturated heterocycles. The molecular formula is C25H25N5OS. The number of para-hydroxylation sites is 1. The van der Waals surface area contributed by atoms with Crippen molar-refractivity contribution in [3.63, 3.8) is 0 Å². The first-order chi connectivity index (χ1) is 15.7. The molecule has 1 aromatic carbocycles. The molecule has 7 heteroatoms. The summed E-state index contributed by atoms with van der Waals surface area (Å²) in [5.74, 6) is 0.887. The lowest BCUT2D eigenvalue weighted by Gasteiger charge is -2.33. The number of carbonyl (C=O) groups is 1. The normalized spacial score (nSPS) is 14.6. The zero-order valence-corrected chi connectivity index (χ0v) is 18.8. The number of hydrogen-bond acceptors (Lipinski definition) is 6. The number of benzene rings is 1. The maximum atomic E-state index is 13.1. The van der Waals surface area contributed by atoms with E-state index in [4.69, 9.17) is 4.98 Å². The third kappa shape index (κ3) is 4.35. The van der Waals surface area contributed by atoms with Crippen LogP contribution < -0.4 is 10.2 Å². The Morgan fingerprint density at radius 2 is 1.91 bits per heavy atom. The molecule has 0 bridgehead atoms. The zero-order valence-electron chi connectivity index (χ0n) is 18.0. The maximum absolute atomic E-state index is 13.1. The summed E-state index contributed by atoms with van der Waals surface area (Å²) in [7, 11) is 2.14. The van der Waals surface area contributed by atoms with Crippen LogP contribution in [0.25, 0.3) is 21.5 Å². The monoisotopic (exact) mass is 443 g/mol. The minimum Gasteiger partial charge on any atom is -0.354 e. The summed E-state index contributed by atoms with van der Waals surface area (Å²) in [4.78, 5) is 28.2. The fraction of sp³-hybridized carbons (Fsp3) is 0.240. The Hall–Kier alpha value is -3.29. The Kier molecular flexibility index (Phi) is 5.83. The molecule has 1 aliphatic rings. The van der Waals surface area contributed by atoms with Crippen LogP contribution in [0.3, 0.4) is 0 Å². The Bertz CT molecular complexity index is 1220. The van der Waals surface area contributed by atoms with E-state index in [1.165, 1.54) is 0 Å². The molecule has 0 radical (unpaired) electrons. The average Bonchev–Trinajstić information content (AvgIpc) is 3.38. The van der Waals surface area contributed by atoms with Gasteiger partial charge in [-0.05, 0) is 42.3 Å². The number of carbonyl (C=O) groups excluding carboxylic acids is 1. The highest BCUT2D eigenvalue weighted by molar-refractivity contribution is 7.13. The van der Waals surface area contributed by atoms with Crippen LogP contribution in [0.1, 0.15) is 15.9 Å². The van der Waals surface area contributed by atoms with Gasteiger partial charge in [-0.2, -0.15) is 0 Å². The Morgan fingerprint density at radius 1 is 1.06 bits per heavy atom. The first-order valence-corrected chi connectivity index (χ1v) is 11.7. The molecule has 32 heavy (non-hydrogen) atoms. The number of amides is 1. The molecule has 0 aliphatic carbocycles. The highest BCUT2D eigenvalue weighted by Gasteiger charge is 2.16. The topological polar surface area (TPSA) is 61.4 Å². The van der Waals surface area contributed by atoms with E-state index >= 15 is 0 Å². The minimum atomic E-state index is -0.107. The van der Waals surface area contributed by atoms with Crippen LogP contribution in [0.4, 0.5) is 5.82 Å². The van der Waals surface area contributed by atoms with Gasteiger partial charge in [-0.25, -0.2) is 9.97 Å². The van der Waals surface area contributed by atoms with Crippen LogP contribution >= 0.6 is 11.3 Å². The number of nitrogens with zero attached hydrogens (tertiary/aromatic N) is 4. The molecule has 1 N–H and O–H groups in total. The van der Waals surface area contributed by atoms with Crippen LogP contribution in [0, 0.1) is 0 Å². The molecular weight excluding hydrogens is 418 g/mol. The molecule has 0 spiro atoms. The van der Waals surface area contributed by atoms with E-state index in [-0.39, 0.29) is 5.91 Å². The number of aromatic nitrogens is 2. The van der Waals surface area contributed by atoms with Crippen LogP contribution in [-0.2, 0) is 6.54 Å². The number of pyridine rings is 2. The van der Waals surface area contributed by atoms with Crippen molar-refractivity contribution in [3.05, 3.63) is 77.3 Å². The predicted molar refractivity (Wildman–Crippen MR) is 130 cm³/mol. The van der Waals surface area contributed by atoms with E-state index < -0.39 is 0 Å². The highest BCUT2D eigenvalue weighted by atomic mass is 32.1. The molecule has 0 unspecified atom stereocenters. The van der Waals surface area contributed by atoms with Gasteiger partial charge >= 0.3 is 0 Å². The van der Waals surface area contributed by atoms with E-state index in [0.717, 1.165) is 59.0 Å². The fourth-order valence-corrected chi connectivity index (χ4v) is 4.62. The van der Waals surface area contributed by atoms with Crippen molar-refractivity contribution in [1.82, 2.24) is 20.2 Å². The molecule has 4 aromatic rings. The van der Waals surface area contributed by atoms with E-state index in [9.17, 15) is 4.79 Å². The van der Waals surface area contributed by atoms with Crippen molar-refractivity contribution in [1.29, 1.82) is 0 Å². The van der Waals surface area contributed by atoms with E-state index in [1.54, 1.807) is 11.3 Å². The molecule has 4 heterocycles. The molecule has 0 saturated carbocycles. The number of hydrogen-bond donors (Lipinski definition) is 1. The van der Waals surface area contributed by atoms with Crippen molar-refractivity contribution >= 4 is 34.0 Å². The van der Waals surface area contributed by atoms with Gasteiger partial charge in [-0.1, -0.05) is 30.3 Å². The number of thiophene rings is 1. The lowest BCUT2D eigenvalue weighted by atomic mass is 10.1. The lowest BCUT2D eigenvalue weighted by molar-refractivity contribution is 0.0952. The van der Waals surface area contributed by atoms with Crippen molar-refractivity contribution in [3.8, 4) is 10.6 Å². The summed E-state index contributed by atoms with van der Waals surface area (Å²) in [5.41, 5.74) is 3.26. The zero-order chi connectivity index (χ0) is 21.9. The SMILES string of the molecule is CN1CCN(c2ccc(CNC(=O)c3cc(-c4cccs4)nc4ccccc34)cn2)CC1. The van der Waals surface area contributed by atoms with E-state index in [2.05, 4.69) is 27.1 Å². The van der Waals surface area contributed by atoms with Gasteiger partial charge in [-0.3, -0.25) is 4.79 Å². The average molecular weight is 444 g/mol. The van der Waals surface area contributed by atoms with Gasteiger partial charge in [0.15, 0.2) is 0 Å². The van der Waals surface area contributed by atoms with Gasteiger partial charge in [0.2, 0.25) is 0 Å². The predicted octanol–water partition coefficient (Wildman–Crippen LogP) is 4.04. The maximum Gasteiger partial charge on any atom is 0.252 e. The fourth-order valence-electron chi connectivity index (χ4n) is 3.94. The van der Waals surface area contributed by atoms with Crippen LogP contribution in [-0.4, -0.2) is 54.0 Å². The number of likely N-dealkylation sites (N-methyl/N-ethyl adjacent to an activating group) is 1. The molecule has 0 atom stereocenters. The molecule has 3 aromatic heterocycles. The summed E-state index contributed by atoms with van der Waals surface area (Å²) in [5, 5.41) is 5.94. The van der Waals surface area contributed by atoms with E-state index in [1.807, 2.05) is 66.2 Å². The second kappa shape index (κ2) is 9.06. The van der Waals surface area contributed by atoms with Gasteiger partial charge in [0, 0.05) is 44.3 Å². The van der Waals surface area contributed by atoms with Crippen molar-refractivity contribution in [2.24, 2.45) is 0 Å². The Morgan fingerprint density at radius 3 is 2.66 bits per heavy atom. The molecule has 1 aliphatic heterocycles. The van der Waals surface area contributed by atoms with Gasteiger partial charge in [0.1, 0.15) is 5.82 Å². The Balaban J connectivity index is 1.32. The summed E-state index contributed by atoms with van der Waals surface area (Å²) < 4.78 is 0. The highest BCUT2D eigenvalue weighted by Crippen LogP contribution is 2.28. The van der Waals surface area contributed by atoms with Crippen molar-refractivity contribution in [2.75, 3.05) is 38.1 Å². The van der Waals surface area contributed by atoms with Gasteiger partial charge < -0.3 is 15.1 Å². The number of rotatable bonds is 5. The third-order valence-electron chi connectivity index (χ3n) is 5.82. The van der Waals surface area contributed by atoms with Gasteiger partial charge in [0.05, 0.1) is 21.7 Å². The van der Waals surface area contributed by atoms with Crippen LogP contribution in [0.2, 0.25) is 0 Å². The van der Waals surface area contributed by atoms with Crippen LogP contribution in [0.5, 0.6) is 0 Å². The molecule has 5 rings (SSSR count). The third-order valence-corrected chi connectivity index (χ3v) is 6.72. The second-order valence-corrected chi connectivity index (χ2v) is 8.99. The largest absolute Gasteiger partial charge is 0.354 e. The Labute approximate surface area is 191 Å². The van der Waals surface area contributed by atoms with Gasteiger partial charge in [0.25, 0.3) is 5.91 Å². The van der Waals surface area contributed by atoms with Crippen LogP contribution in [0.15, 0.2) is 66.2 Å².